The van der Waals surface area contributed by atoms with Crippen LogP contribution >= 0.6 is 11.6 Å². The van der Waals surface area contributed by atoms with Crippen LogP contribution in [0.25, 0.3) is 5.57 Å². The van der Waals surface area contributed by atoms with Gasteiger partial charge in [-0.1, -0.05) is 17.7 Å². The van der Waals surface area contributed by atoms with Crippen molar-refractivity contribution < 1.29 is 0 Å². The fourth-order valence-electron chi connectivity index (χ4n) is 3.27. The number of fused-ring (bicyclic) bond motifs is 1. The molecule has 0 aliphatic carbocycles. The maximum atomic E-state index is 6.56. The Hall–Kier alpha value is -2.26. The van der Waals surface area contributed by atoms with E-state index in [0.717, 1.165) is 27.6 Å². The fourth-order valence-corrected chi connectivity index (χ4v) is 3.47. The molecule has 1 aliphatic rings. The van der Waals surface area contributed by atoms with Crippen molar-refractivity contribution in [3.63, 3.8) is 0 Å². The van der Waals surface area contributed by atoms with Gasteiger partial charge in [-0.2, -0.15) is 0 Å². The van der Waals surface area contributed by atoms with Gasteiger partial charge in [-0.25, -0.2) is 0 Å². The molecule has 0 amide bonds. The summed E-state index contributed by atoms with van der Waals surface area (Å²) in [4.78, 5) is 8.93. The Morgan fingerprint density at radius 1 is 1.12 bits per heavy atom. The van der Waals surface area contributed by atoms with E-state index in [4.69, 9.17) is 11.6 Å². The predicted molar refractivity (Wildman–Crippen MR) is 116 cm³/mol. The summed E-state index contributed by atoms with van der Waals surface area (Å²) in [7, 11) is 6.16. The molecule has 1 heterocycles. The largest absolute Gasteiger partial charge is 0.378 e. The summed E-state index contributed by atoms with van der Waals surface area (Å²) in [6, 6.07) is 12.3. The Balaban J connectivity index is 1.94. The van der Waals surface area contributed by atoms with Gasteiger partial charge in [0.2, 0.25) is 0 Å². The predicted octanol–water partition coefficient (Wildman–Crippen LogP) is 5.79. The third kappa shape index (κ3) is 3.49. The van der Waals surface area contributed by atoms with Crippen molar-refractivity contribution in [2.75, 3.05) is 30.9 Å². The van der Waals surface area contributed by atoms with Crippen LogP contribution in [0.5, 0.6) is 0 Å². The molecule has 0 saturated heterocycles. The topological polar surface area (TPSA) is 18.8 Å². The van der Waals surface area contributed by atoms with Gasteiger partial charge in [0, 0.05) is 49.9 Å². The molecule has 0 unspecified atom stereocenters. The standard InChI is InChI=1S/C22H26ClN3/c1-15-13-22(2,3)26(6)21-12-20(23)16(11-19(15)21)14-24-17-7-9-18(10-8-17)25(4)5/h7-14H,1-6H3. The van der Waals surface area contributed by atoms with Crippen molar-refractivity contribution in [3.05, 3.63) is 58.6 Å². The van der Waals surface area contributed by atoms with E-state index in [-0.39, 0.29) is 5.54 Å². The third-order valence-corrected chi connectivity index (χ3v) is 5.38. The molecule has 2 aromatic carbocycles. The van der Waals surface area contributed by atoms with Crippen LogP contribution in [0.2, 0.25) is 5.02 Å². The van der Waals surface area contributed by atoms with Crippen LogP contribution in [-0.4, -0.2) is 32.9 Å². The number of halogens is 1. The third-order valence-electron chi connectivity index (χ3n) is 5.05. The molecule has 4 heteroatoms. The summed E-state index contributed by atoms with van der Waals surface area (Å²) in [5, 5.41) is 0.717. The van der Waals surface area contributed by atoms with Crippen molar-refractivity contribution in [3.8, 4) is 0 Å². The molecule has 3 nitrogen and oxygen atoms in total. The molecule has 0 saturated carbocycles. The highest BCUT2D eigenvalue weighted by Crippen LogP contribution is 2.40. The van der Waals surface area contributed by atoms with Gasteiger partial charge in [-0.15, -0.1) is 0 Å². The molecule has 3 rings (SSSR count). The van der Waals surface area contributed by atoms with Crippen LogP contribution in [0, 0.1) is 0 Å². The van der Waals surface area contributed by atoms with Gasteiger partial charge < -0.3 is 9.80 Å². The summed E-state index contributed by atoms with van der Waals surface area (Å²) in [6.07, 6.45) is 4.14. The quantitative estimate of drug-likeness (QED) is 0.639. The van der Waals surface area contributed by atoms with Crippen molar-refractivity contribution in [2.24, 2.45) is 4.99 Å². The number of anilines is 2. The molecule has 2 aromatic rings. The lowest BCUT2D eigenvalue weighted by Crippen LogP contribution is -2.42. The van der Waals surface area contributed by atoms with Gasteiger partial charge >= 0.3 is 0 Å². The van der Waals surface area contributed by atoms with Crippen molar-refractivity contribution >= 4 is 40.5 Å². The average Bonchev–Trinajstić information content (AvgIpc) is 2.58. The van der Waals surface area contributed by atoms with Crippen LogP contribution in [0.3, 0.4) is 0 Å². The van der Waals surface area contributed by atoms with Gasteiger partial charge in [0.1, 0.15) is 0 Å². The molecule has 26 heavy (non-hydrogen) atoms. The minimum atomic E-state index is -0.0236. The summed E-state index contributed by atoms with van der Waals surface area (Å²) >= 11 is 6.56. The Labute approximate surface area is 161 Å². The van der Waals surface area contributed by atoms with E-state index >= 15 is 0 Å². The highest BCUT2D eigenvalue weighted by atomic mass is 35.5. The lowest BCUT2D eigenvalue weighted by atomic mass is 9.88. The first-order valence-corrected chi connectivity index (χ1v) is 9.15. The van der Waals surface area contributed by atoms with Gasteiger partial charge in [-0.05, 0) is 62.7 Å². The normalized spacial score (nSPS) is 15.8. The zero-order valence-corrected chi connectivity index (χ0v) is 17.1. The summed E-state index contributed by atoms with van der Waals surface area (Å²) in [6.45, 7) is 6.57. The lowest BCUT2D eigenvalue weighted by Gasteiger charge is -2.40. The number of allylic oxidation sites excluding steroid dienone is 1. The molecular weight excluding hydrogens is 342 g/mol. The van der Waals surface area contributed by atoms with Crippen LogP contribution in [0.1, 0.15) is 31.9 Å². The fraction of sp³-hybridized carbons (Fsp3) is 0.318. The van der Waals surface area contributed by atoms with E-state index in [1.54, 1.807) is 0 Å². The molecule has 136 valence electrons. The first-order valence-electron chi connectivity index (χ1n) is 8.78. The van der Waals surface area contributed by atoms with Gasteiger partial charge in [0.25, 0.3) is 0 Å². The Morgan fingerprint density at radius 3 is 2.38 bits per heavy atom. The molecule has 0 spiro atoms. The number of hydrogen-bond donors (Lipinski definition) is 0. The van der Waals surface area contributed by atoms with E-state index < -0.39 is 0 Å². The average molecular weight is 368 g/mol. The van der Waals surface area contributed by atoms with Crippen molar-refractivity contribution in [1.82, 2.24) is 0 Å². The van der Waals surface area contributed by atoms with E-state index in [0.29, 0.717) is 0 Å². The summed E-state index contributed by atoms with van der Waals surface area (Å²) < 4.78 is 0. The van der Waals surface area contributed by atoms with Crippen LogP contribution in [0.4, 0.5) is 17.1 Å². The molecule has 0 N–H and O–H groups in total. The smallest absolute Gasteiger partial charge is 0.0631 e. The molecule has 1 aliphatic heterocycles. The monoisotopic (exact) mass is 367 g/mol. The molecule has 0 atom stereocenters. The summed E-state index contributed by atoms with van der Waals surface area (Å²) in [5.41, 5.74) is 6.61. The second-order valence-corrected chi connectivity index (χ2v) is 8.01. The first-order chi connectivity index (χ1) is 12.2. The highest BCUT2D eigenvalue weighted by Gasteiger charge is 2.29. The number of hydrogen-bond acceptors (Lipinski definition) is 3. The highest BCUT2D eigenvalue weighted by molar-refractivity contribution is 6.33. The van der Waals surface area contributed by atoms with E-state index in [9.17, 15) is 0 Å². The zero-order chi connectivity index (χ0) is 19.1. The molecular formula is C22H26ClN3. The first kappa shape index (κ1) is 18.5. The maximum Gasteiger partial charge on any atom is 0.0631 e. The van der Waals surface area contributed by atoms with E-state index in [2.05, 4.69) is 66.9 Å². The van der Waals surface area contributed by atoms with Crippen LogP contribution < -0.4 is 9.80 Å². The van der Waals surface area contributed by atoms with E-state index in [1.807, 2.05) is 38.5 Å². The number of aliphatic imine (C=N–C) groups is 1. The zero-order valence-electron chi connectivity index (χ0n) is 16.3. The Bertz CT molecular complexity index is 877. The second kappa shape index (κ2) is 6.81. The Kier molecular flexibility index (Phi) is 4.85. The number of rotatable bonds is 3. The van der Waals surface area contributed by atoms with Crippen LogP contribution in [-0.2, 0) is 0 Å². The number of likely N-dealkylation sites (N-methyl/N-ethyl adjacent to an activating group) is 1. The van der Waals surface area contributed by atoms with E-state index in [1.165, 1.54) is 11.1 Å². The second-order valence-electron chi connectivity index (χ2n) is 7.60. The van der Waals surface area contributed by atoms with Gasteiger partial charge in [-0.3, -0.25) is 4.99 Å². The van der Waals surface area contributed by atoms with Crippen molar-refractivity contribution in [1.29, 1.82) is 0 Å². The number of benzene rings is 2. The molecule has 0 fully saturated rings. The minimum absolute atomic E-state index is 0.0236. The number of nitrogens with zero attached hydrogens (tertiary/aromatic N) is 3. The van der Waals surface area contributed by atoms with Crippen molar-refractivity contribution in [2.45, 2.75) is 26.3 Å². The molecule has 0 bridgehead atoms. The molecule has 0 radical (unpaired) electrons. The Morgan fingerprint density at radius 2 is 1.77 bits per heavy atom. The van der Waals surface area contributed by atoms with Gasteiger partial charge in [0.05, 0.1) is 16.2 Å². The van der Waals surface area contributed by atoms with Crippen LogP contribution in [0.15, 0.2) is 47.5 Å². The van der Waals surface area contributed by atoms with Gasteiger partial charge in [0.15, 0.2) is 0 Å². The molecule has 0 aromatic heterocycles. The minimum Gasteiger partial charge on any atom is -0.378 e. The SMILES string of the molecule is CC1=CC(C)(C)N(C)c2cc(Cl)c(C=Nc3ccc(N(C)C)cc3)cc21. The lowest BCUT2D eigenvalue weighted by molar-refractivity contribution is 0.598. The maximum absolute atomic E-state index is 6.56. The summed E-state index contributed by atoms with van der Waals surface area (Å²) in [5.74, 6) is 0.